The molecule has 1 aliphatic rings. The predicted molar refractivity (Wildman–Crippen MR) is 104 cm³/mol. The summed E-state index contributed by atoms with van der Waals surface area (Å²) in [6.45, 7) is 5.97. The topological polar surface area (TPSA) is 71.8 Å². The zero-order valence-electron chi connectivity index (χ0n) is 15.2. The highest BCUT2D eigenvalue weighted by atomic mass is 32.1. The number of nitrogens with one attached hydrogen (secondary N) is 2. The molecule has 0 spiro atoms. The summed E-state index contributed by atoms with van der Waals surface area (Å²) >= 11 is 1.62. The molecule has 1 amide bonds. The van der Waals surface area contributed by atoms with Crippen LogP contribution in [0.5, 0.6) is 0 Å². The van der Waals surface area contributed by atoms with Crippen LogP contribution in [0.25, 0.3) is 21.6 Å². The van der Waals surface area contributed by atoms with Crippen molar-refractivity contribution in [2.24, 2.45) is 13.0 Å². The van der Waals surface area contributed by atoms with E-state index in [9.17, 15) is 4.79 Å². The van der Waals surface area contributed by atoms with E-state index < -0.39 is 0 Å². The molecule has 0 aliphatic carbocycles. The van der Waals surface area contributed by atoms with E-state index in [0.717, 1.165) is 46.8 Å². The van der Waals surface area contributed by atoms with E-state index in [2.05, 4.69) is 22.7 Å². The van der Waals surface area contributed by atoms with Gasteiger partial charge in [0.1, 0.15) is 0 Å². The summed E-state index contributed by atoms with van der Waals surface area (Å²) in [6, 6.07) is 6.12. The molecule has 1 saturated heterocycles. The van der Waals surface area contributed by atoms with Crippen LogP contribution in [-0.4, -0.2) is 39.8 Å². The van der Waals surface area contributed by atoms with Crippen molar-refractivity contribution in [1.82, 2.24) is 25.4 Å². The van der Waals surface area contributed by atoms with Gasteiger partial charge in [0, 0.05) is 13.1 Å². The van der Waals surface area contributed by atoms with Gasteiger partial charge in [-0.25, -0.2) is 4.98 Å². The van der Waals surface area contributed by atoms with Gasteiger partial charge in [-0.1, -0.05) is 13.0 Å². The molecule has 4 rings (SSSR count). The lowest BCUT2D eigenvalue weighted by Gasteiger charge is -2.30. The fourth-order valence-electron chi connectivity index (χ4n) is 3.65. The minimum absolute atomic E-state index is 0.0370. The van der Waals surface area contributed by atoms with Crippen LogP contribution < -0.4 is 10.6 Å². The summed E-state index contributed by atoms with van der Waals surface area (Å²) < 4.78 is 1.76. The van der Waals surface area contributed by atoms with E-state index >= 15 is 0 Å². The third kappa shape index (κ3) is 3.01. The number of piperidine rings is 1. The van der Waals surface area contributed by atoms with Crippen molar-refractivity contribution in [3.63, 3.8) is 0 Å². The van der Waals surface area contributed by atoms with E-state index in [1.165, 1.54) is 0 Å². The average molecular weight is 369 g/mol. The van der Waals surface area contributed by atoms with Gasteiger partial charge < -0.3 is 10.6 Å². The maximum atomic E-state index is 13.2. The Hall–Kier alpha value is -2.25. The number of aromatic nitrogens is 3. The van der Waals surface area contributed by atoms with Gasteiger partial charge in [0.2, 0.25) is 0 Å². The molecule has 1 fully saturated rings. The van der Waals surface area contributed by atoms with Crippen LogP contribution in [0, 0.1) is 12.8 Å². The minimum atomic E-state index is -0.0370. The second-order valence-electron chi connectivity index (χ2n) is 6.99. The lowest BCUT2D eigenvalue weighted by Crippen LogP contribution is -2.48. The highest BCUT2D eigenvalue weighted by Crippen LogP contribution is 2.29. The van der Waals surface area contributed by atoms with E-state index in [1.807, 2.05) is 37.6 Å². The maximum Gasteiger partial charge on any atom is 0.252 e. The summed E-state index contributed by atoms with van der Waals surface area (Å²) in [7, 11) is 1.87. The van der Waals surface area contributed by atoms with Crippen LogP contribution in [0.15, 0.2) is 23.6 Å². The summed E-state index contributed by atoms with van der Waals surface area (Å²) in [5.74, 6) is 0.377. The molecule has 2 atom stereocenters. The second kappa shape index (κ2) is 6.81. The van der Waals surface area contributed by atoms with Gasteiger partial charge in [-0.2, -0.15) is 5.10 Å². The number of hydrogen-bond donors (Lipinski definition) is 2. The first-order valence-electron chi connectivity index (χ1n) is 8.94. The second-order valence-corrected chi connectivity index (χ2v) is 7.94. The molecule has 0 bridgehead atoms. The van der Waals surface area contributed by atoms with Crippen molar-refractivity contribution < 1.29 is 4.79 Å². The lowest BCUT2D eigenvalue weighted by atomic mass is 9.95. The predicted octanol–water partition coefficient (Wildman–Crippen LogP) is 2.73. The largest absolute Gasteiger partial charge is 0.349 e. The normalized spacial score (nSPS) is 20.4. The molecule has 0 saturated carbocycles. The Morgan fingerprint density at radius 1 is 1.46 bits per heavy atom. The number of thiophene rings is 1. The van der Waals surface area contributed by atoms with Crippen LogP contribution in [0.1, 0.15) is 29.4 Å². The standard InChI is InChI=1S/C19H23N5OS/c1-11-10-20-7-6-14(11)22-19(25)13-9-15(16-5-4-8-26-16)21-18-17(13)12(2)23-24(18)3/h4-5,8-9,11,14,20H,6-7,10H2,1-3H3,(H,22,25). The van der Waals surface area contributed by atoms with E-state index in [-0.39, 0.29) is 11.9 Å². The van der Waals surface area contributed by atoms with Crippen molar-refractivity contribution in [2.45, 2.75) is 26.3 Å². The zero-order chi connectivity index (χ0) is 18.3. The molecule has 0 aromatic carbocycles. The fraction of sp³-hybridized carbons (Fsp3) is 0.421. The van der Waals surface area contributed by atoms with Gasteiger partial charge in [-0.05, 0) is 49.9 Å². The van der Waals surface area contributed by atoms with E-state index in [0.29, 0.717) is 11.5 Å². The van der Waals surface area contributed by atoms with Crippen LogP contribution >= 0.6 is 11.3 Å². The summed E-state index contributed by atoms with van der Waals surface area (Å²) in [4.78, 5) is 19.0. The molecule has 1 aliphatic heterocycles. The molecule has 3 aromatic rings. The highest BCUT2D eigenvalue weighted by molar-refractivity contribution is 7.13. The Bertz CT molecular complexity index is 947. The molecule has 6 nitrogen and oxygen atoms in total. The van der Waals surface area contributed by atoms with Crippen molar-refractivity contribution in [1.29, 1.82) is 0 Å². The summed E-state index contributed by atoms with van der Waals surface area (Å²) in [6.07, 6.45) is 0.949. The van der Waals surface area contributed by atoms with Gasteiger partial charge >= 0.3 is 0 Å². The first-order chi connectivity index (χ1) is 12.5. The number of carbonyl (C=O) groups excluding carboxylic acids is 1. The average Bonchev–Trinajstić information content (AvgIpc) is 3.25. The number of aryl methyl sites for hydroxylation is 2. The monoisotopic (exact) mass is 369 g/mol. The third-order valence-corrected chi connectivity index (χ3v) is 5.98. The Kier molecular flexibility index (Phi) is 4.50. The maximum absolute atomic E-state index is 13.2. The van der Waals surface area contributed by atoms with Crippen molar-refractivity contribution in [2.75, 3.05) is 13.1 Å². The SMILES string of the molecule is Cc1nn(C)c2nc(-c3cccs3)cc(C(=O)NC3CCNCC3C)c12. The van der Waals surface area contributed by atoms with Gasteiger partial charge in [-0.3, -0.25) is 9.48 Å². The number of carbonyl (C=O) groups is 1. The number of pyridine rings is 1. The molecular formula is C19H23N5OS. The summed E-state index contributed by atoms with van der Waals surface area (Å²) in [5.41, 5.74) is 3.06. The number of fused-ring (bicyclic) bond motifs is 1. The van der Waals surface area contributed by atoms with Gasteiger partial charge in [-0.15, -0.1) is 11.3 Å². The van der Waals surface area contributed by atoms with Crippen molar-refractivity contribution >= 4 is 28.3 Å². The number of hydrogen-bond acceptors (Lipinski definition) is 5. The van der Waals surface area contributed by atoms with Crippen molar-refractivity contribution in [3.8, 4) is 10.6 Å². The molecule has 2 N–H and O–H groups in total. The summed E-state index contributed by atoms with van der Waals surface area (Å²) in [5, 5.41) is 14.0. The molecule has 2 unspecified atom stereocenters. The zero-order valence-corrected chi connectivity index (χ0v) is 16.1. The van der Waals surface area contributed by atoms with Crippen LogP contribution in [0.4, 0.5) is 0 Å². The molecule has 3 aromatic heterocycles. The molecule has 0 radical (unpaired) electrons. The minimum Gasteiger partial charge on any atom is -0.349 e. The van der Waals surface area contributed by atoms with Crippen LogP contribution in [-0.2, 0) is 7.05 Å². The third-order valence-electron chi connectivity index (χ3n) is 5.09. The number of nitrogens with zero attached hydrogens (tertiary/aromatic N) is 3. The smallest absolute Gasteiger partial charge is 0.252 e. The number of amides is 1. The Morgan fingerprint density at radius 3 is 3.04 bits per heavy atom. The van der Waals surface area contributed by atoms with E-state index in [4.69, 9.17) is 4.98 Å². The molecule has 26 heavy (non-hydrogen) atoms. The Morgan fingerprint density at radius 2 is 2.31 bits per heavy atom. The molecule has 7 heteroatoms. The fourth-order valence-corrected chi connectivity index (χ4v) is 4.34. The number of rotatable bonds is 3. The molecule has 4 heterocycles. The van der Waals surface area contributed by atoms with Gasteiger partial charge in [0.25, 0.3) is 5.91 Å². The van der Waals surface area contributed by atoms with Crippen LogP contribution in [0.3, 0.4) is 0 Å². The van der Waals surface area contributed by atoms with Crippen molar-refractivity contribution in [3.05, 3.63) is 34.8 Å². The first kappa shape index (κ1) is 17.2. The Labute approximate surface area is 156 Å². The van der Waals surface area contributed by atoms with Crippen LogP contribution in [0.2, 0.25) is 0 Å². The highest BCUT2D eigenvalue weighted by Gasteiger charge is 2.25. The van der Waals surface area contributed by atoms with Gasteiger partial charge in [0.15, 0.2) is 5.65 Å². The van der Waals surface area contributed by atoms with E-state index in [1.54, 1.807) is 16.0 Å². The quantitative estimate of drug-likeness (QED) is 0.745. The first-order valence-corrected chi connectivity index (χ1v) is 9.82. The Balaban J connectivity index is 1.78. The van der Waals surface area contributed by atoms with Gasteiger partial charge in [0.05, 0.1) is 27.2 Å². The molecule has 136 valence electrons. The molecular weight excluding hydrogens is 346 g/mol. The lowest BCUT2D eigenvalue weighted by molar-refractivity contribution is 0.0916.